The zero-order valence-corrected chi connectivity index (χ0v) is 13.4. The molecule has 0 bridgehead atoms. The summed E-state index contributed by atoms with van der Waals surface area (Å²) in [7, 11) is 0. The summed E-state index contributed by atoms with van der Waals surface area (Å²) in [5, 5.41) is 7.62. The van der Waals surface area contributed by atoms with Crippen LogP contribution in [0.15, 0.2) is 29.3 Å². The Bertz CT molecular complexity index is 554. The van der Waals surface area contributed by atoms with Gasteiger partial charge < -0.3 is 15.4 Å². The normalized spacial score (nSPS) is 11.2. The van der Waals surface area contributed by atoms with Gasteiger partial charge in [0.05, 0.1) is 17.5 Å². The lowest BCUT2D eigenvalue weighted by molar-refractivity contribution is -0.129. The molecule has 1 atom stereocenters. The highest BCUT2D eigenvalue weighted by Crippen LogP contribution is 2.12. The second-order valence-corrected chi connectivity index (χ2v) is 4.68. The molecule has 6 nitrogen and oxygen atoms in total. The van der Waals surface area contributed by atoms with E-state index in [1.165, 1.54) is 6.92 Å². The van der Waals surface area contributed by atoms with Gasteiger partial charge >= 0.3 is 0 Å². The number of carbonyl (C=O) groups excluding carboxylic acids is 2. The van der Waals surface area contributed by atoms with Gasteiger partial charge in [-0.2, -0.15) is 4.99 Å². The van der Waals surface area contributed by atoms with Crippen molar-refractivity contribution in [2.24, 2.45) is 4.99 Å². The summed E-state index contributed by atoms with van der Waals surface area (Å²) in [6.07, 6.45) is 0. The predicted octanol–water partition coefficient (Wildman–Crippen LogP) is 1.58. The van der Waals surface area contributed by atoms with Gasteiger partial charge in [0.1, 0.15) is 6.04 Å². The third kappa shape index (κ3) is 6.58. The van der Waals surface area contributed by atoms with Crippen LogP contribution in [-0.4, -0.2) is 36.2 Å². The van der Waals surface area contributed by atoms with Crippen LogP contribution in [0.1, 0.15) is 19.4 Å². The Hall–Kier alpha value is -2.08. The van der Waals surface area contributed by atoms with Gasteiger partial charge in [-0.15, -0.1) is 0 Å². The van der Waals surface area contributed by atoms with Crippen LogP contribution in [0.25, 0.3) is 0 Å². The minimum atomic E-state index is -0.698. The Morgan fingerprint density at radius 1 is 1.36 bits per heavy atom. The molecule has 0 spiro atoms. The van der Waals surface area contributed by atoms with E-state index < -0.39 is 6.04 Å². The van der Waals surface area contributed by atoms with Gasteiger partial charge in [0.2, 0.25) is 11.8 Å². The maximum Gasteiger partial charge on any atom is 0.245 e. The maximum absolute atomic E-state index is 12.1. The molecule has 0 radical (unpaired) electrons. The van der Waals surface area contributed by atoms with E-state index in [9.17, 15) is 9.59 Å². The molecule has 1 aromatic rings. The van der Waals surface area contributed by atoms with Crippen molar-refractivity contribution in [2.75, 3.05) is 13.2 Å². The fourth-order valence-corrected chi connectivity index (χ4v) is 1.82. The molecule has 1 rings (SSSR count). The molecule has 1 unspecified atom stereocenters. The first-order valence-electron chi connectivity index (χ1n) is 6.86. The molecular formula is C15H19N3O3S. The summed E-state index contributed by atoms with van der Waals surface area (Å²) in [6.45, 7) is 4.16. The molecule has 7 heteroatoms. The number of thiocarbonyl (C=S) groups is 1. The largest absolute Gasteiger partial charge is 0.379 e. The first-order valence-corrected chi connectivity index (χ1v) is 7.27. The van der Waals surface area contributed by atoms with Gasteiger partial charge in [0, 0.05) is 20.1 Å². The Kier molecular flexibility index (Phi) is 7.99. The summed E-state index contributed by atoms with van der Waals surface area (Å²) >= 11 is 4.53. The van der Waals surface area contributed by atoms with Crippen LogP contribution in [0, 0.1) is 0 Å². The summed E-state index contributed by atoms with van der Waals surface area (Å²) < 4.78 is 5.21. The lowest BCUT2D eigenvalue weighted by Crippen LogP contribution is -2.48. The Balaban J connectivity index is 2.57. The molecular weight excluding hydrogens is 302 g/mol. The van der Waals surface area contributed by atoms with Crippen LogP contribution in [0.2, 0.25) is 0 Å². The van der Waals surface area contributed by atoms with Crippen molar-refractivity contribution in [3.05, 3.63) is 29.8 Å². The molecule has 2 N–H and O–H groups in total. The lowest BCUT2D eigenvalue weighted by Gasteiger charge is -2.17. The molecule has 0 saturated heterocycles. The number of benzene rings is 1. The fourth-order valence-electron chi connectivity index (χ4n) is 1.72. The molecule has 0 aliphatic heterocycles. The Labute approximate surface area is 135 Å². The van der Waals surface area contributed by atoms with Crippen molar-refractivity contribution in [3.8, 4) is 0 Å². The van der Waals surface area contributed by atoms with E-state index >= 15 is 0 Å². The van der Waals surface area contributed by atoms with E-state index in [-0.39, 0.29) is 18.4 Å². The number of amides is 2. The molecule has 0 aliphatic rings. The van der Waals surface area contributed by atoms with E-state index in [1.54, 1.807) is 12.1 Å². The van der Waals surface area contributed by atoms with Crippen LogP contribution in [-0.2, 0) is 20.9 Å². The Morgan fingerprint density at radius 2 is 2.05 bits per heavy atom. The maximum atomic E-state index is 12.1. The highest BCUT2D eigenvalue weighted by Gasteiger charge is 2.19. The third-order valence-corrected chi connectivity index (χ3v) is 2.85. The van der Waals surface area contributed by atoms with Crippen LogP contribution in [0.5, 0.6) is 0 Å². The zero-order chi connectivity index (χ0) is 16.4. The zero-order valence-electron chi connectivity index (χ0n) is 12.6. The lowest BCUT2D eigenvalue weighted by atomic mass is 10.2. The molecule has 0 heterocycles. The summed E-state index contributed by atoms with van der Waals surface area (Å²) in [5.74, 6) is -0.563. The average molecular weight is 321 g/mol. The van der Waals surface area contributed by atoms with Crippen molar-refractivity contribution >= 4 is 34.9 Å². The van der Waals surface area contributed by atoms with Crippen LogP contribution < -0.4 is 10.6 Å². The molecule has 0 aromatic heterocycles. The number of nitrogens with zero attached hydrogens (tertiary/aromatic N) is 1. The van der Waals surface area contributed by atoms with Gasteiger partial charge in [-0.25, -0.2) is 0 Å². The van der Waals surface area contributed by atoms with E-state index in [0.717, 1.165) is 5.56 Å². The number of hydrogen-bond donors (Lipinski definition) is 2. The van der Waals surface area contributed by atoms with Crippen molar-refractivity contribution in [3.63, 3.8) is 0 Å². The van der Waals surface area contributed by atoms with Crippen LogP contribution >= 0.6 is 12.2 Å². The number of nitrogens with one attached hydrogen (secondary N) is 2. The fraction of sp³-hybridized carbons (Fsp3) is 0.400. The minimum Gasteiger partial charge on any atom is -0.379 e. The first-order chi connectivity index (χ1) is 10.6. The number of carbonyl (C=O) groups is 2. The Morgan fingerprint density at radius 3 is 2.59 bits per heavy atom. The van der Waals surface area contributed by atoms with Crippen molar-refractivity contribution in [1.82, 2.24) is 10.6 Å². The average Bonchev–Trinajstić information content (AvgIpc) is 2.50. The van der Waals surface area contributed by atoms with Crippen LogP contribution in [0.3, 0.4) is 0 Å². The molecule has 2 amide bonds. The summed E-state index contributed by atoms with van der Waals surface area (Å²) in [6, 6.07) is 6.54. The standard InChI is InChI=1S/C15H19N3O3S/c1-3-21-9-14(18-11(2)19)15(20)16-8-12-4-6-13(7-5-12)17-10-22/h4-7,14H,3,8-9H2,1-2H3,(H,16,20)(H,18,19). The van der Waals surface area contributed by atoms with Gasteiger partial charge in [-0.05, 0) is 36.8 Å². The molecule has 22 heavy (non-hydrogen) atoms. The van der Waals surface area contributed by atoms with E-state index in [0.29, 0.717) is 18.8 Å². The van der Waals surface area contributed by atoms with E-state index in [4.69, 9.17) is 4.74 Å². The van der Waals surface area contributed by atoms with Gasteiger partial charge in [0.25, 0.3) is 0 Å². The quantitative estimate of drug-likeness (QED) is 0.563. The van der Waals surface area contributed by atoms with E-state index in [1.807, 2.05) is 19.1 Å². The molecule has 0 saturated carbocycles. The van der Waals surface area contributed by atoms with Gasteiger partial charge in [-0.1, -0.05) is 12.1 Å². The first kappa shape index (κ1) is 18.0. The highest BCUT2D eigenvalue weighted by molar-refractivity contribution is 7.78. The smallest absolute Gasteiger partial charge is 0.245 e. The van der Waals surface area contributed by atoms with Crippen LogP contribution in [0.4, 0.5) is 5.69 Å². The summed E-state index contributed by atoms with van der Waals surface area (Å²) in [5.41, 5.74) is 1.62. The number of rotatable bonds is 8. The van der Waals surface area contributed by atoms with Crippen molar-refractivity contribution in [1.29, 1.82) is 0 Å². The number of isothiocyanates is 1. The SMILES string of the molecule is CCOCC(NC(C)=O)C(=O)NCc1ccc(N=C=S)cc1. The molecule has 0 aliphatic carbocycles. The van der Waals surface area contributed by atoms with Gasteiger partial charge in [-0.3, -0.25) is 9.59 Å². The van der Waals surface area contributed by atoms with Crippen molar-refractivity contribution in [2.45, 2.75) is 26.4 Å². The predicted molar refractivity (Wildman–Crippen MR) is 87.1 cm³/mol. The highest BCUT2D eigenvalue weighted by atomic mass is 32.1. The topological polar surface area (TPSA) is 79.8 Å². The monoisotopic (exact) mass is 321 g/mol. The van der Waals surface area contributed by atoms with Gasteiger partial charge in [0.15, 0.2) is 0 Å². The number of hydrogen-bond acceptors (Lipinski definition) is 5. The second-order valence-electron chi connectivity index (χ2n) is 4.50. The number of aliphatic imine (C=N–C) groups is 1. The van der Waals surface area contributed by atoms with Crippen molar-refractivity contribution < 1.29 is 14.3 Å². The summed E-state index contributed by atoms with van der Waals surface area (Å²) in [4.78, 5) is 27.1. The molecule has 0 fully saturated rings. The van der Waals surface area contributed by atoms with E-state index in [2.05, 4.69) is 33.0 Å². The number of ether oxygens (including phenoxy) is 1. The second kappa shape index (κ2) is 9.78. The molecule has 118 valence electrons. The molecule has 1 aromatic carbocycles. The third-order valence-electron chi connectivity index (χ3n) is 2.76. The minimum absolute atomic E-state index is 0.143.